The molecule has 0 saturated carbocycles. The van der Waals surface area contributed by atoms with E-state index in [1.807, 2.05) is 11.0 Å². The Morgan fingerprint density at radius 3 is 2.67 bits per heavy atom. The fourth-order valence-electron chi connectivity index (χ4n) is 5.28. The van der Waals surface area contributed by atoms with Crippen molar-refractivity contribution >= 4 is 34.2 Å². The Morgan fingerprint density at radius 1 is 1.12 bits per heavy atom. The number of hydrogen-bond donors (Lipinski definition) is 0. The monoisotopic (exact) mass is 460 g/mol. The number of fused-ring (bicyclic) bond motifs is 2. The molecule has 1 saturated heterocycles. The number of aromatic nitrogens is 2. The maximum atomic E-state index is 11.9. The molecule has 0 unspecified atom stereocenters. The molecule has 33 heavy (non-hydrogen) atoms. The van der Waals surface area contributed by atoms with Gasteiger partial charge in [-0.2, -0.15) is 0 Å². The highest BCUT2D eigenvalue weighted by molar-refractivity contribution is 6.34. The first-order valence-corrected chi connectivity index (χ1v) is 12.2. The zero-order valence-electron chi connectivity index (χ0n) is 19.1. The van der Waals surface area contributed by atoms with E-state index < -0.39 is 0 Å². The lowest BCUT2D eigenvalue weighted by Crippen LogP contribution is -2.48. The lowest BCUT2D eigenvalue weighted by molar-refractivity contribution is -0.126. The second-order valence-corrected chi connectivity index (χ2v) is 9.27. The number of benzene rings is 2. The van der Waals surface area contributed by atoms with Crippen molar-refractivity contribution in [2.45, 2.75) is 39.0 Å². The van der Waals surface area contributed by atoms with Gasteiger partial charge in [-0.3, -0.25) is 4.79 Å². The SMILES string of the molecule is C=CC(=O)N1CCN(c2ncnc3cc(-c4c(CC)ccc5c4CCCC5)c(Cl)cc23)CC1. The first-order valence-electron chi connectivity index (χ1n) is 11.8. The summed E-state index contributed by atoms with van der Waals surface area (Å²) in [5.74, 6) is 0.859. The molecule has 6 heteroatoms. The zero-order valence-corrected chi connectivity index (χ0v) is 19.9. The predicted molar refractivity (Wildman–Crippen MR) is 135 cm³/mol. The topological polar surface area (TPSA) is 49.3 Å². The molecule has 2 aromatic carbocycles. The summed E-state index contributed by atoms with van der Waals surface area (Å²) in [4.78, 5) is 25.2. The molecule has 1 amide bonds. The Hall–Kier alpha value is -2.92. The van der Waals surface area contributed by atoms with Crippen molar-refractivity contribution in [3.63, 3.8) is 0 Å². The van der Waals surface area contributed by atoms with Crippen LogP contribution in [0, 0.1) is 0 Å². The molecule has 170 valence electrons. The Morgan fingerprint density at radius 2 is 1.91 bits per heavy atom. The van der Waals surface area contributed by atoms with Gasteiger partial charge in [-0.1, -0.05) is 37.2 Å². The molecular weight excluding hydrogens is 432 g/mol. The van der Waals surface area contributed by atoms with Gasteiger partial charge in [0.15, 0.2) is 0 Å². The third-order valence-corrected chi connectivity index (χ3v) is 7.35. The summed E-state index contributed by atoms with van der Waals surface area (Å²) in [6.07, 6.45) is 8.72. The molecule has 1 aliphatic heterocycles. The molecule has 2 heterocycles. The number of piperazine rings is 1. The summed E-state index contributed by atoms with van der Waals surface area (Å²) in [6, 6.07) is 8.76. The lowest BCUT2D eigenvalue weighted by atomic mass is 9.82. The Kier molecular flexibility index (Phi) is 6.07. The quantitative estimate of drug-likeness (QED) is 0.500. The first-order chi connectivity index (χ1) is 16.1. The highest BCUT2D eigenvalue weighted by Gasteiger charge is 2.24. The molecule has 0 N–H and O–H groups in total. The van der Waals surface area contributed by atoms with E-state index in [0.29, 0.717) is 13.1 Å². The minimum atomic E-state index is -0.0206. The number of halogens is 1. The number of aryl methyl sites for hydroxylation is 2. The maximum absolute atomic E-state index is 11.9. The van der Waals surface area contributed by atoms with E-state index in [1.54, 1.807) is 6.33 Å². The highest BCUT2D eigenvalue weighted by Crippen LogP contribution is 2.41. The van der Waals surface area contributed by atoms with Gasteiger partial charge < -0.3 is 9.80 Å². The zero-order chi connectivity index (χ0) is 22.9. The second-order valence-electron chi connectivity index (χ2n) is 8.86. The molecule has 1 aliphatic carbocycles. The number of amides is 1. The molecule has 0 spiro atoms. The number of rotatable bonds is 4. The van der Waals surface area contributed by atoms with Crippen molar-refractivity contribution in [2.24, 2.45) is 0 Å². The third-order valence-electron chi connectivity index (χ3n) is 7.04. The van der Waals surface area contributed by atoms with Crippen molar-refractivity contribution < 1.29 is 4.79 Å². The minimum Gasteiger partial charge on any atom is -0.352 e. The number of carbonyl (C=O) groups excluding carboxylic acids is 1. The van der Waals surface area contributed by atoms with Crippen LogP contribution >= 0.6 is 11.6 Å². The lowest BCUT2D eigenvalue weighted by Gasteiger charge is -2.35. The molecule has 2 aliphatic rings. The Balaban J connectivity index is 1.56. The summed E-state index contributed by atoms with van der Waals surface area (Å²) < 4.78 is 0. The Bertz CT molecular complexity index is 1230. The van der Waals surface area contributed by atoms with Crippen LogP contribution in [-0.4, -0.2) is 47.0 Å². The van der Waals surface area contributed by atoms with Crippen LogP contribution in [0.15, 0.2) is 43.2 Å². The number of anilines is 1. The minimum absolute atomic E-state index is 0.0206. The van der Waals surface area contributed by atoms with E-state index >= 15 is 0 Å². The molecule has 0 bridgehead atoms. The molecule has 0 atom stereocenters. The standard InChI is InChI=1S/C27H29ClN4O/c1-3-18-9-10-19-7-5-6-8-20(19)26(18)21-16-24-22(15-23(21)28)27(30-17-29-24)32-13-11-31(12-14-32)25(33)4-2/h4,9-10,15-17H,2-3,5-8,11-14H2,1H3. The number of carbonyl (C=O) groups is 1. The van der Waals surface area contributed by atoms with Gasteiger partial charge in [0.2, 0.25) is 5.91 Å². The van der Waals surface area contributed by atoms with Gasteiger partial charge in [-0.25, -0.2) is 9.97 Å². The van der Waals surface area contributed by atoms with E-state index in [9.17, 15) is 4.79 Å². The van der Waals surface area contributed by atoms with Gasteiger partial charge in [0, 0.05) is 42.2 Å². The van der Waals surface area contributed by atoms with Crippen LogP contribution in [0.5, 0.6) is 0 Å². The molecule has 1 aromatic heterocycles. The van der Waals surface area contributed by atoms with E-state index in [-0.39, 0.29) is 5.91 Å². The Labute approximate surface area is 200 Å². The van der Waals surface area contributed by atoms with Gasteiger partial charge in [-0.15, -0.1) is 0 Å². The van der Waals surface area contributed by atoms with Gasteiger partial charge in [0.25, 0.3) is 0 Å². The van der Waals surface area contributed by atoms with Crippen LogP contribution in [0.25, 0.3) is 22.0 Å². The highest BCUT2D eigenvalue weighted by atomic mass is 35.5. The molecular formula is C27H29ClN4O. The average Bonchev–Trinajstić information content (AvgIpc) is 2.87. The van der Waals surface area contributed by atoms with Crippen molar-refractivity contribution in [2.75, 3.05) is 31.1 Å². The van der Waals surface area contributed by atoms with Crippen molar-refractivity contribution in [3.05, 3.63) is 65.0 Å². The first kappa shape index (κ1) is 21.9. The second kappa shape index (κ2) is 9.14. The van der Waals surface area contributed by atoms with Gasteiger partial charge in [0.1, 0.15) is 12.1 Å². The van der Waals surface area contributed by atoms with Crippen LogP contribution in [0.2, 0.25) is 5.02 Å². The van der Waals surface area contributed by atoms with Crippen LogP contribution in [0.3, 0.4) is 0 Å². The van der Waals surface area contributed by atoms with Crippen molar-refractivity contribution in [1.82, 2.24) is 14.9 Å². The van der Waals surface area contributed by atoms with Crippen LogP contribution in [0.4, 0.5) is 5.82 Å². The maximum Gasteiger partial charge on any atom is 0.246 e. The van der Waals surface area contributed by atoms with Crippen molar-refractivity contribution in [1.29, 1.82) is 0 Å². The van der Waals surface area contributed by atoms with Crippen LogP contribution < -0.4 is 4.90 Å². The summed E-state index contributed by atoms with van der Waals surface area (Å²) in [7, 11) is 0. The van der Waals surface area contributed by atoms with Gasteiger partial charge in [-0.05, 0) is 72.6 Å². The van der Waals surface area contributed by atoms with Gasteiger partial charge in [0.05, 0.1) is 5.52 Å². The third kappa shape index (κ3) is 3.99. The number of nitrogens with zero attached hydrogens (tertiary/aromatic N) is 4. The van der Waals surface area contributed by atoms with E-state index in [0.717, 1.165) is 59.7 Å². The molecule has 5 rings (SSSR count). The van der Waals surface area contributed by atoms with E-state index in [4.69, 9.17) is 11.6 Å². The van der Waals surface area contributed by atoms with E-state index in [2.05, 4.69) is 46.6 Å². The molecule has 3 aromatic rings. The van der Waals surface area contributed by atoms with Crippen molar-refractivity contribution in [3.8, 4) is 11.1 Å². The van der Waals surface area contributed by atoms with E-state index in [1.165, 1.54) is 41.2 Å². The average molecular weight is 461 g/mol. The summed E-state index contributed by atoms with van der Waals surface area (Å²) in [5, 5.41) is 1.70. The molecule has 1 fully saturated rings. The number of hydrogen-bond acceptors (Lipinski definition) is 4. The largest absolute Gasteiger partial charge is 0.352 e. The normalized spacial score (nSPS) is 16.1. The van der Waals surface area contributed by atoms with Gasteiger partial charge >= 0.3 is 0 Å². The predicted octanol–water partition coefficient (Wildman–Crippen LogP) is 5.23. The summed E-state index contributed by atoms with van der Waals surface area (Å²) in [6.45, 7) is 8.55. The van der Waals surface area contributed by atoms with Crippen LogP contribution in [0.1, 0.15) is 36.5 Å². The summed E-state index contributed by atoms with van der Waals surface area (Å²) >= 11 is 6.97. The molecule has 0 radical (unpaired) electrons. The summed E-state index contributed by atoms with van der Waals surface area (Å²) in [5.41, 5.74) is 7.54. The fourth-order valence-corrected chi connectivity index (χ4v) is 5.54. The smallest absolute Gasteiger partial charge is 0.246 e. The van der Waals surface area contributed by atoms with Crippen LogP contribution in [-0.2, 0) is 24.1 Å². The fraction of sp³-hybridized carbons (Fsp3) is 0.370. The molecule has 5 nitrogen and oxygen atoms in total.